The Morgan fingerprint density at radius 3 is 2.69 bits per heavy atom. The molecule has 2 atom stereocenters. The van der Waals surface area contributed by atoms with Crippen LogP contribution < -0.4 is 20.1 Å². The molecular weight excluding hydrogens is 475 g/mol. The molecule has 0 spiro atoms. The van der Waals surface area contributed by atoms with Gasteiger partial charge in [0.1, 0.15) is 18.1 Å². The number of esters is 1. The van der Waals surface area contributed by atoms with Crippen molar-refractivity contribution in [3.63, 3.8) is 0 Å². The molecule has 0 radical (unpaired) electrons. The van der Waals surface area contributed by atoms with E-state index >= 15 is 0 Å². The van der Waals surface area contributed by atoms with E-state index in [0.717, 1.165) is 6.42 Å². The molecule has 190 valence electrons. The van der Waals surface area contributed by atoms with E-state index in [1.54, 1.807) is 49.0 Å². The average Bonchev–Trinajstić information content (AvgIpc) is 3.23. The third kappa shape index (κ3) is 7.38. The van der Waals surface area contributed by atoms with Crippen LogP contribution in [0.15, 0.2) is 36.7 Å². The summed E-state index contributed by atoms with van der Waals surface area (Å²) < 4.78 is 37.3. The van der Waals surface area contributed by atoms with Crippen LogP contribution in [-0.4, -0.2) is 57.7 Å². The minimum Gasteiger partial charge on any atom is -0.476 e. The molecule has 2 aromatic heterocycles. The molecule has 13 heteroatoms. The number of nitrogen functional groups attached to an aromatic ring is 1. The molecule has 0 aliphatic carbocycles. The van der Waals surface area contributed by atoms with Gasteiger partial charge < -0.3 is 29.0 Å². The van der Waals surface area contributed by atoms with Gasteiger partial charge in [0.05, 0.1) is 26.1 Å². The molecule has 1 aromatic carbocycles. The van der Waals surface area contributed by atoms with E-state index in [2.05, 4.69) is 20.0 Å². The molecule has 0 aliphatic heterocycles. The molecule has 0 aliphatic rings. The number of benzene rings is 1. The maximum atomic E-state index is 13.5. The second kappa shape index (κ2) is 12.5. The zero-order valence-corrected chi connectivity index (χ0v) is 20.9. The Hall–Kier alpha value is -3.21. The molecule has 12 nitrogen and oxygen atoms in total. The van der Waals surface area contributed by atoms with E-state index in [1.165, 1.54) is 0 Å². The highest BCUT2D eigenvalue weighted by atomic mass is 31.2. The van der Waals surface area contributed by atoms with E-state index in [1.807, 2.05) is 13.0 Å². The van der Waals surface area contributed by atoms with Crippen molar-refractivity contribution in [3.05, 3.63) is 36.7 Å². The van der Waals surface area contributed by atoms with Gasteiger partial charge >= 0.3 is 13.5 Å². The summed E-state index contributed by atoms with van der Waals surface area (Å²) in [6.07, 6.45) is 2.12. The molecule has 0 saturated carbocycles. The lowest BCUT2D eigenvalue weighted by Crippen LogP contribution is -2.35. The highest BCUT2D eigenvalue weighted by Crippen LogP contribution is 2.43. The van der Waals surface area contributed by atoms with Crippen LogP contribution in [0.25, 0.3) is 11.2 Å². The number of nitrogens with zero attached hydrogens (tertiary/aromatic N) is 4. The van der Waals surface area contributed by atoms with Crippen molar-refractivity contribution >= 4 is 30.6 Å². The summed E-state index contributed by atoms with van der Waals surface area (Å²) in [5.41, 5.74) is 6.83. The number of nitrogens with two attached hydrogens (primary N) is 1. The summed E-state index contributed by atoms with van der Waals surface area (Å²) in [6.45, 7) is 6.44. The normalized spacial score (nSPS) is 13.8. The van der Waals surface area contributed by atoms with Crippen molar-refractivity contribution in [1.82, 2.24) is 24.6 Å². The van der Waals surface area contributed by atoms with E-state index in [-0.39, 0.29) is 25.5 Å². The van der Waals surface area contributed by atoms with Crippen molar-refractivity contribution in [3.8, 4) is 11.6 Å². The molecule has 3 aromatic rings. The first-order valence-corrected chi connectivity index (χ1v) is 13.1. The fourth-order valence-electron chi connectivity index (χ4n) is 3.10. The standard InChI is InChI=1S/C22H31N6O6P/c1-4-12-33-20-18-19(25-22(23)26-20)28(14-24-18)11-13-31-15-35(30,27-16(3)21(29)32-5-2)34-17-9-7-6-8-10-17/h6-10,14,16H,4-5,11-13,15H2,1-3H3,(H,27,30)(H2,23,25,26)/t16-,35?/m0/s1. The number of hydrogen-bond acceptors (Lipinski definition) is 10. The number of nitrogens with one attached hydrogen (secondary N) is 1. The van der Waals surface area contributed by atoms with Crippen LogP contribution in [0.5, 0.6) is 11.6 Å². The van der Waals surface area contributed by atoms with Gasteiger partial charge in [0.25, 0.3) is 0 Å². The smallest absolute Gasteiger partial charge is 0.342 e. The highest BCUT2D eigenvalue weighted by Gasteiger charge is 2.30. The summed E-state index contributed by atoms with van der Waals surface area (Å²) in [5.74, 6) is 0.249. The van der Waals surface area contributed by atoms with E-state index in [0.29, 0.717) is 35.9 Å². The number of para-hydroxylation sites is 1. The number of hydrogen-bond donors (Lipinski definition) is 2. The molecule has 3 N–H and O–H groups in total. The second-order valence-corrected chi connectivity index (χ2v) is 9.61. The minimum absolute atomic E-state index is 0.0733. The summed E-state index contributed by atoms with van der Waals surface area (Å²) in [7, 11) is -3.62. The lowest BCUT2D eigenvalue weighted by molar-refractivity contribution is -0.144. The number of carbonyl (C=O) groups is 1. The molecule has 2 heterocycles. The summed E-state index contributed by atoms with van der Waals surface area (Å²) in [4.78, 5) is 24.8. The molecule has 1 unspecified atom stereocenters. The molecule has 0 bridgehead atoms. The number of ether oxygens (including phenoxy) is 3. The molecule has 0 amide bonds. The molecule has 3 rings (SSSR count). The van der Waals surface area contributed by atoms with Crippen LogP contribution >= 0.6 is 7.52 Å². The quantitative estimate of drug-likeness (QED) is 0.188. The first-order valence-electron chi connectivity index (χ1n) is 11.3. The summed E-state index contributed by atoms with van der Waals surface area (Å²) in [5, 5.41) is 2.75. The monoisotopic (exact) mass is 506 g/mol. The zero-order chi connectivity index (χ0) is 25.3. The predicted molar refractivity (Wildman–Crippen MR) is 130 cm³/mol. The highest BCUT2D eigenvalue weighted by molar-refractivity contribution is 7.57. The third-order valence-electron chi connectivity index (χ3n) is 4.66. The van der Waals surface area contributed by atoms with E-state index in [4.69, 9.17) is 24.5 Å². The lowest BCUT2D eigenvalue weighted by atomic mass is 10.3. The lowest BCUT2D eigenvalue weighted by Gasteiger charge is -2.23. The van der Waals surface area contributed by atoms with Crippen LogP contribution in [0, 0.1) is 0 Å². The fraction of sp³-hybridized carbons (Fsp3) is 0.455. The number of fused-ring (bicyclic) bond motifs is 1. The Kier molecular flexibility index (Phi) is 9.41. The van der Waals surface area contributed by atoms with Gasteiger partial charge in [0.15, 0.2) is 11.2 Å². The van der Waals surface area contributed by atoms with Crippen LogP contribution in [0.1, 0.15) is 27.2 Å². The third-order valence-corrected chi connectivity index (χ3v) is 6.47. The van der Waals surface area contributed by atoms with E-state index in [9.17, 15) is 9.36 Å². The average molecular weight is 507 g/mol. The number of rotatable bonds is 14. The Morgan fingerprint density at radius 2 is 1.97 bits per heavy atom. The van der Waals surface area contributed by atoms with Crippen molar-refractivity contribution in [2.75, 3.05) is 31.9 Å². The summed E-state index contributed by atoms with van der Waals surface area (Å²) in [6, 6.07) is 7.81. The summed E-state index contributed by atoms with van der Waals surface area (Å²) >= 11 is 0. The topological polar surface area (TPSA) is 153 Å². The Labute approximate surface area is 203 Å². The van der Waals surface area contributed by atoms with Gasteiger partial charge in [-0.15, -0.1) is 0 Å². The minimum atomic E-state index is -3.62. The van der Waals surface area contributed by atoms with E-state index < -0.39 is 19.5 Å². The van der Waals surface area contributed by atoms with Gasteiger partial charge in [-0.3, -0.25) is 9.36 Å². The van der Waals surface area contributed by atoms with Crippen molar-refractivity contribution < 1.29 is 28.1 Å². The van der Waals surface area contributed by atoms with Gasteiger partial charge in [-0.1, -0.05) is 25.1 Å². The number of anilines is 1. The van der Waals surface area contributed by atoms with Crippen LogP contribution in [0.4, 0.5) is 5.95 Å². The predicted octanol–water partition coefficient (Wildman–Crippen LogP) is 2.98. The van der Waals surface area contributed by atoms with Crippen molar-refractivity contribution in [1.29, 1.82) is 0 Å². The largest absolute Gasteiger partial charge is 0.476 e. The molecule has 0 saturated heterocycles. The van der Waals surface area contributed by atoms with Gasteiger partial charge in [0.2, 0.25) is 11.8 Å². The maximum absolute atomic E-state index is 13.5. The van der Waals surface area contributed by atoms with Crippen molar-refractivity contribution in [2.45, 2.75) is 39.8 Å². The zero-order valence-electron chi connectivity index (χ0n) is 20.0. The first kappa shape index (κ1) is 26.4. The van der Waals surface area contributed by atoms with Crippen LogP contribution in [0.3, 0.4) is 0 Å². The van der Waals surface area contributed by atoms with Gasteiger partial charge in [0, 0.05) is 6.54 Å². The van der Waals surface area contributed by atoms with Gasteiger partial charge in [-0.05, 0) is 32.4 Å². The fourth-order valence-corrected chi connectivity index (χ4v) is 4.81. The van der Waals surface area contributed by atoms with Gasteiger partial charge in [-0.2, -0.15) is 9.97 Å². The van der Waals surface area contributed by atoms with Crippen LogP contribution in [0.2, 0.25) is 0 Å². The number of imidazole rings is 1. The Morgan fingerprint density at radius 1 is 1.20 bits per heavy atom. The van der Waals surface area contributed by atoms with Gasteiger partial charge in [-0.25, -0.2) is 10.1 Å². The second-order valence-electron chi connectivity index (χ2n) is 7.56. The number of aromatic nitrogens is 4. The molecule has 0 fully saturated rings. The van der Waals surface area contributed by atoms with Crippen LogP contribution in [-0.2, 0) is 25.4 Å². The SMILES string of the molecule is CCCOc1nc(N)nc2c1ncn2CCOCP(=O)(N[C@@H](C)C(=O)OCC)Oc1ccccc1. The Bertz CT molecular complexity index is 1160. The maximum Gasteiger partial charge on any atom is 0.342 e. The number of carbonyl (C=O) groups excluding carboxylic acids is 1. The van der Waals surface area contributed by atoms with Crippen molar-refractivity contribution in [2.24, 2.45) is 0 Å². The first-order chi connectivity index (χ1) is 16.8. The molecule has 35 heavy (non-hydrogen) atoms. The Balaban J connectivity index is 1.66. The molecular formula is C22H31N6O6P.